The summed E-state index contributed by atoms with van der Waals surface area (Å²) in [6, 6.07) is 21.0. The van der Waals surface area contributed by atoms with Crippen LogP contribution in [0.15, 0.2) is 72.3 Å². The summed E-state index contributed by atoms with van der Waals surface area (Å²) in [5.41, 5.74) is 3.39. The van der Waals surface area contributed by atoms with Crippen molar-refractivity contribution in [2.24, 2.45) is 0 Å². The van der Waals surface area contributed by atoms with Crippen molar-refractivity contribution in [2.45, 2.75) is 20.0 Å². The molecule has 3 aromatic carbocycles. The summed E-state index contributed by atoms with van der Waals surface area (Å²) >= 11 is 2.14. The number of hydrogen-bond donors (Lipinski definition) is 1. The van der Waals surface area contributed by atoms with Crippen molar-refractivity contribution in [2.75, 3.05) is 5.32 Å². The van der Waals surface area contributed by atoms with Crippen LogP contribution in [0.1, 0.15) is 23.6 Å². The van der Waals surface area contributed by atoms with E-state index in [1.54, 1.807) is 30.3 Å². The molecule has 0 aliphatic rings. The lowest BCUT2D eigenvalue weighted by molar-refractivity contribution is -0.112. The average Bonchev–Trinajstić information content (AvgIpc) is 2.78. The van der Waals surface area contributed by atoms with Gasteiger partial charge in [0.15, 0.2) is 0 Å². The summed E-state index contributed by atoms with van der Waals surface area (Å²) < 4.78 is 19.6. The van der Waals surface area contributed by atoms with Crippen LogP contribution in [0.5, 0.6) is 5.75 Å². The third-order valence-corrected chi connectivity index (χ3v) is 5.40. The number of hydrogen-bond acceptors (Lipinski definition) is 3. The SMILES string of the molecule is CCc1ccc(NC(=O)/C(C#N)=C/c2ccc(OCc3ccc(F)cc3)c(I)c2)cc1. The first-order chi connectivity index (χ1) is 15.0. The van der Waals surface area contributed by atoms with Crippen LogP contribution in [0, 0.1) is 20.7 Å². The largest absolute Gasteiger partial charge is 0.488 e. The van der Waals surface area contributed by atoms with Gasteiger partial charge in [-0.2, -0.15) is 5.26 Å². The third kappa shape index (κ3) is 6.40. The molecular formula is C25H20FIN2O2. The molecule has 0 bridgehead atoms. The van der Waals surface area contributed by atoms with Crippen LogP contribution in [0.3, 0.4) is 0 Å². The quantitative estimate of drug-likeness (QED) is 0.229. The van der Waals surface area contributed by atoms with Crippen LogP contribution in [0.25, 0.3) is 6.08 Å². The first-order valence-electron chi connectivity index (χ1n) is 9.67. The van der Waals surface area contributed by atoms with Gasteiger partial charge in [-0.1, -0.05) is 37.3 Å². The zero-order valence-electron chi connectivity index (χ0n) is 16.9. The lowest BCUT2D eigenvalue weighted by atomic mass is 10.1. The Balaban J connectivity index is 1.68. The lowest BCUT2D eigenvalue weighted by Gasteiger charge is -2.09. The second-order valence-electron chi connectivity index (χ2n) is 6.78. The molecule has 0 saturated carbocycles. The predicted octanol–water partition coefficient (Wildman–Crippen LogP) is 6.12. The van der Waals surface area contributed by atoms with E-state index in [2.05, 4.69) is 34.8 Å². The Bertz CT molecular complexity index is 1130. The molecule has 0 saturated heterocycles. The number of nitrogens with one attached hydrogen (secondary N) is 1. The van der Waals surface area contributed by atoms with Crippen LogP contribution in [0.4, 0.5) is 10.1 Å². The van der Waals surface area contributed by atoms with Gasteiger partial charge in [0.2, 0.25) is 0 Å². The summed E-state index contributed by atoms with van der Waals surface area (Å²) in [5.74, 6) is -0.0794. The van der Waals surface area contributed by atoms with Crippen LogP contribution in [-0.2, 0) is 17.8 Å². The Labute approximate surface area is 194 Å². The molecule has 0 aliphatic carbocycles. The monoisotopic (exact) mass is 526 g/mol. The summed E-state index contributed by atoms with van der Waals surface area (Å²) in [5, 5.41) is 12.2. The highest BCUT2D eigenvalue weighted by Gasteiger charge is 2.11. The number of ether oxygens (including phenoxy) is 1. The second kappa shape index (κ2) is 10.7. The van der Waals surface area contributed by atoms with E-state index in [1.807, 2.05) is 36.4 Å². The van der Waals surface area contributed by atoms with Gasteiger partial charge < -0.3 is 10.1 Å². The smallest absolute Gasteiger partial charge is 0.266 e. The van der Waals surface area contributed by atoms with E-state index in [-0.39, 0.29) is 11.4 Å². The number of carbonyl (C=O) groups excluding carboxylic acids is 1. The standard InChI is InChI=1S/C25H20FIN2O2/c1-2-17-5-10-22(11-6-17)29-25(30)20(15-28)13-19-7-12-24(23(27)14-19)31-16-18-3-8-21(26)9-4-18/h3-14H,2,16H2,1H3,(H,29,30)/b20-13+. The Hall–Kier alpha value is -3.18. The van der Waals surface area contributed by atoms with E-state index in [4.69, 9.17) is 4.74 Å². The highest BCUT2D eigenvalue weighted by Crippen LogP contribution is 2.24. The van der Waals surface area contributed by atoms with Crippen LogP contribution < -0.4 is 10.1 Å². The molecule has 0 unspecified atom stereocenters. The van der Waals surface area contributed by atoms with E-state index in [0.29, 0.717) is 23.6 Å². The summed E-state index contributed by atoms with van der Waals surface area (Å²) in [6.45, 7) is 2.37. The van der Waals surface area contributed by atoms with Crippen molar-refractivity contribution in [3.63, 3.8) is 0 Å². The van der Waals surface area contributed by atoms with Crippen molar-refractivity contribution < 1.29 is 13.9 Å². The topological polar surface area (TPSA) is 62.1 Å². The molecule has 0 aromatic heterocycles. The number of halogens is 2. The molecule has 1 amide bonds. The van der Waals surface area contributed by atoms with E-state index in [9.17, 15) is 14.4 Å². The molecule has 0 fully saturated rings. The van der Waals surface area contributed by atoms with Gasteiger partial charge in [0.05, 0.1) is 3.57 Å². The Morgan fingerprint density at radius 1 is 1.10 bits per heavy atom. The number of nitriles is 1. The summed E-state index contributed by atoms with van der Waals surface area (Å²) in [7, 11) is 0. The third-order valence-electron chi connectivity index (χ3n) is 4.56. The minimum absolute atomic E-state index is 0.00958. The highest BCUT2D eigenvalue weighted by molar-refractivity contribution is 14.1. The minimum Gasteiger partial charge on any atom is -0.488 e. The van der Waals surface area contributed by atoms with Gasteiger partial charge in [0, 0.05) is 5.69 Å². The normalized spacial score (nSPS) is 11.0. The summed E-state index contributed by atoms with van der Waals surface area (Å²) in [6.07, 6.45) is 2.46. The van der Waals surface area contributed by atoms with Crippen LogP contribution >= 0.6 is 22.6 Å². The maximum Gasteiger partial charge on any atom is 0.266 e. The summed E-state index contributed by atoms with van der Waals surface area (Å²) in [4.78, 5) is 12.5. The fourth-order valence-electron chi connectivity index (χ4n) is 2.80. The molecule has 0 aliphatic heterocycles. The molecule has 0 heterocycles. The minimum atomic E-state index is -0.460. The molecule has 0 radical (unpaired) electrons. The number of carbonyl (C=O) groups is 1. The average molecular weight is 526 g/mol. The van der Waals surface area contributed by atoms with E-state index in [1.165, 1.54) is 17.7 Å². The zero-order chi connectivity index (χ0) is 22.2. The number of rotatable bonds is 7. The molecule has 0 spiro atoms. The Morgan fingerprint density at radius 3 is 2.39 bits per heavy atom. The molecule has 3 rings (SSSR count). The molecule has 156 valence electrons. The predicted molar refractivity (Wildman–Crippen MR) is 128 cm³/mol. The van der Waals surface area contributed by atoms with E-state index >= 15 is 0 Å². The van der Waals surface area contributed by atoms with E-state index < -0.39 is 5.91 Å². The first kappa shape index (κ1) is 22.5. The van der Waals surface area contributed by atoms with Gasteiger partial charge in [-0.3, -0.25) is 4.79 Å². The fraction of sp³-hybridized carbons (Fsp3) is 0.120. The first-order valence-corrected chi connectivity index (χ1v) is 10.7. The van der Waals surface area contributed by atoms with Gasteiger partial charge in [0.25, 0.3) is 5.91 Å². The molecular weight excluding hydrogens is 506 g/mol. The second-order valence-corrected chi connectivity index (χ2v) is 7.94. The van der Waals surface area contributed by atoms with Crippen molar-refractivity contribution >= 4 is 40.3 Å². The zero-order valence-corrected chi connectivity index (χ0v) is 19.0. The fourth-order valence-corrected chi connectivity index (χ4v) is 3.50. The lowest BCUT2D eigenvalue weighted by Crippen LogP contribution is -2.13. The van der Waals surface area contributed by atoms with Gasteiger partial charge in [-0.05, 0) is 88.2 Å². The number of benzene rings is 3. The Morgan fingerprint density at radius 2 is 1.77 bits per heavy atom. The van der Waals surface area contributed by atoms with E-state index in [0.717, 1.165) is 15.6 Å². The molecule has 0 atom stereocenters. The molecule has 3 aromatic rings. The van der Waals surface area contributed by atoms with Crippen molar-refractivity contribution in [1.82, 2.24) is 0 Å². The Kier molecular flexibility index (Phi) is 7.79. The number of aryl methyl sites for hydroxylation is 1. The van der Waals surface area contributed by atoms with Gasteiger partial charge in [-0.15, -0.1) is 0 Å². The highest BCUT2D eigenvalue weighted by atomic mass is 127. The molecule has 31 heavy (non-hydrogen) atoms. The molecule has 6 heteroatoms. The van der Waals surface area contributed by atoms with Gasteiger partial charge in [0.1, 0.15) is 29.8 Å². The number of nitrogens with zero attached hydrogens (tertiary/aromatic N) is 1. The van der Waals surface area contributed by atoms with Crippen LogP contribution in [-0.4, -0.2) is 5.91 Å². The van der Waals surface area contributed by atoms with Crippen LogP contribution in [0.2, 0.25) is 0 Å². The van der Waals surface area contributed by atoms with Gasteiger partial charge >= 0.3 is 0 Å². The van der Waals surface area contributed by atoms with Crippen molar-refractivity contribution in [1.29, 1.82) is 5.26 Å². The maximum atomic E-state index is 13.0. The van der Waals surface area contributed by atoms with Crippen molar-refractivity contribution in [3.8, 4) is 11.8 Å². The number of amides is 1. The maximum absolute atomic E-state index is 13.0. The van der Waals surface area contributed by atoms with Gasteiger partial charge in [-0.25, -0.2) is 4.39 Å². The van der Waals surface area contributed by atoms with Crippen molar-refractivity contribution in [3.05, 3.63) is 98.4 Å². The molecule has 1 N–H and O–H groups in total. The number of anilines is 1. The molecule has 4 nitrogen and oxygen atoms in total.